The molecule has 1 aliphatic heterocycles. The number of nitrogens with zero attached hydrogens (tertiary/aromatic N) is 5. The fourth-order valence-corrected chi connectivity index (χ4v) is 3.98. The van der Waals surface area contributed by atoms with Crippen molar-refractivity contribution in [1.82, 2.24) is 30.0 Å². The Morgan fingerprint density at radius 1 is 1.09 bits per heavy atom. The number of fused-ring (bicyclic) bond motifs is 1. The van der Waals surface area contributed by atoms with Crippen molar-refractivity contribution in [2.75, 3.05) is 20.2 Å². The smallest absolute Gasteiger partial charge is 0.256 e. The molecule has 0 saturated heterocycles. The molecule has 3 heterocycles. The van der Waals surface area contributed by atoms with Crippen LogP contribution in [-0.4, -0.2) is 56.7 Å². The molecule has 1 N–H and O–H groups in total. The number of carbonyl (C=O) groups excluding carboxylic acids is 2. The summed E-state index contributed by atoms with van der Waals surface area (Å²) in [6, 6.07) is 13.3. The van der Waals surface area contributed by atoms with Gasteiger partial charge in [0.1, 0.15) is 5.82 Å². The van der Waals surface area contributed by atoms with Crippen LogP contribution in [0.1, 0.15) is 35.3 Å². The van der Waals surface area contributed by atoms with Gasteiger partial charge in [0.2, 0.25) is 5.91 Å². The molecule has 0 saturated carbocycles. The van der Waals surface area contributed by atoms with Crippen molar-refractivity contribution >= 4 is 11.8 Å². The number of hydrogen-bond acceptors (Lipinski definition) is 6. The van der Waals surface area contributed by atoms with E-state index in [9.17, 15) is 9.59 Å². The minimum Gasteiger partial charge on any atom is -0.367 e. The second-order valence-corrected chi connectivity index (χ2v) is 7.92. The summed E-state index contributed by atoms with van der Waals surface area (Å²) in [5, 5.41) is 11.5. The van der Waals surface area contributed by atoms with E-state index in [0.29, 0.717) is 51.3 Å². The van der Waals surface area contributed by atoms with E-state index in [1.165, 1.54) is 0 Å². The van der Waals surface area contributed by atoms with Crippen LogP contribution in [0, 0.1) is 0 Å². The molecule has 9 nitrogen and oxygen atoms in total. The Balaban J connectivity index is 1.33. The maximum atomic E-state index is 13.1. The Kier molecular flexibility index (Phi) is 7.41. The van der Waals surface area contributed by atoms with Gasteiger partial charge in [-0.3, -0.25) is 14.6 Å². The van der Waals surface area contributed by atoms with Crippen molar-refractivity contribution in [3.05, 3.63) is 77.6 Å². The maximum Gasteiger partial charge on any atom is 0.256 e. The Bertz CT molecular complexity index is 1070. The van der Waals surface area contributed by atoms with Crippen molar-refractivity contribution in [1.29, 1.82) is 0 Å². The van der Waals surface area contributed by atoms with Gasteiger partial charge < -0.3 is 19.5 Å². The fraction of sp³-hybridized carbons (Fsp3) is 0.375. The highest BCUT2D eigenvalue weighted by Gasteiger charge is 2.28. The number of carbonyl (C=O) groups is 2. The maximum absolute atomic E-state index is 13.1. The van der Waals surface area contributed by atoms with E-state index in [0.717, 1.165) is 17.0 Å². The molecular weight excluding hydrogens is 420 g/mol. The molecule has 9 heteroatoms. The molecule has 2 amide bonds. The normalized spacial score (nSPS) is 14.3. The molecule has 0 aliphatic carbocycles. The highest BCUT2D eigenvalue weighted by molar-refractivity contribution is 5.82. The van der Waals surface area contributed by atoms with Gasteiger partial charge in [0.15, 0.2) is 11.9 Å². The number of aryl methyl sites for hydroxylation is 1. The Hall–Kier alpha value is -3.59. The highest BCUT2D eigenvalue weighted by Crippen LogP contribution is 2.21. The molecule has 172 valence electrons. The van der Waals surface area contributed by atoms with Gasteiger partial charge in [0.25, 0.3) is 5.91 Å². The monoisotopic (exact) mass is 448 g/mol. The molecule has 2 aromatic heterocycles. The molecule has 0 radical (unpaired) electrons. The fourth-order valence-electron chi connectivity index (χ4n) is 3.98. The van der Waals surface area contributed by atoms with Crippen LogP contribution in [0.4, 0.5) is 0 Å². The van der Waals surface area contributed by atoms with Crippen LogP contribution in [0.3, 0.4) is 0 Å². The molecule has 0 fully saturated rings. The van der Waals surface area contributed by atoms with Crippen LogP contribution < -0.4 is 5.32 Å². The van der Waals surface area contributed by atoms with E-state index >= 15 is 0 Å². The van der Waals surface area contributed by atoms with E-state index in [4.69, 9.17) is 4.74 Å². The summed E-state index contributed by atoms with van der Waals surface area (Å²) in [6.45, 7) is 1.94. The lowest BCUT2D eigenvalue weighted by atomic mass is 10.1. The lowest BCUT2D eigenvalue weighted by Gasteiger charge is -2.25. The molecule has 1 aliphatic rings. The number of ether oxygens (including phenoxy) is 1. The minimum absolute atomic E-state index is 0.0487. The zero-order valence-electron chi connectivity index (χ0n) is 18.7. The molecule has 33 heavy (non-hydrogen) atoms. The first-order chi connectivity index (χ1) is 16.2. The van der Waals surface area contributed by atoms with Gasteiger partial charge in [0, 0.05) is 52.0 Å². The summed E-state index contributed by atoms with van der Waals surface area (Å²) in [5.74, 6) is 1.40. The van der Waals surface area contributed by atoms with Crippen molar-refractivity contribution in [3.8, 4) is 0 Å². The van der Waals surface area contributed by atoms with Crippen LogP contribution in [0.5, 0.6) is 0 Å². The summed E-state index contributed by atoms with van der Waals surface area (Å²) in [5.41, 5.74) is 1.86. The number of aromatic nitrogens is 4. The van der Waals surface area contributed by atoms with Crippen LogP contribution >= 0.6 is 0 Å². The third-order valence-electron chi connectivity index (χ3n) is 5.78. The quantitative estimate of drug-likeness (QED) is 0.563. The zero-order valence-corrected chi connectivity index (χ0v) is 18.7. The van der Waals surface area contributed by atoms with Crippen LogP contribution in [-0.2, 0) is 40.3 Å². The van der Waals surface area contributed by atoms with Gasteiger partial charge in [-0.25, -0.2) is 0 Å². The number of methoxy groups -OCH3 is 1. The van der Waals surface area contributed by atoms with E-state index in [1.807, 2.05) is 51.9 Å². The SMILES string of the molecule is COC(C(=O)N1CCc2nnc(CNC(=O)CCc3cccnc3)n2CC1)c1ccccc1. The predicted molar refractivity (Wildman–Crippen MR) is 121 cm³/mol. The zero-order chi connectivity index (χ0) is 23.0. The summed E-state index contributed by atoms with van der Waals surface area (Å²) >= 11 is 0. The predicted octanol–water partition coefficient (Wildman–Crippen LogP) is 1.69. The number of benzene rings is 1. The third-order valence-corrected chi connectivity index (χ3v) is 5.78. The van der Waals surface area contributed by atoms with Gasteiger partial charge in [0.05, 0.1) is 6.54 Å². The molecule has 0 bridgehead atoms. The van der Waals surface area contributed by atoms with Crippen molar-refractivity contribution in [2.45, 2.75) is 38.5 Å². The summed E-state index contributed by atoms with van der Waals surface area (Å²) in [7, 11) is 1.55. The van der Waals surface area contributed by atoms with E-state index in [-0.39, 0.29) is 11.8 Å². The van der Waals surface area contributed by atoms with Crippen LogP contribution in [0.25, 0.3) is 0 Å². The van der Waals surface area contributed by atoms with Gasteiger partial charge in [-0.15, -0.1) is 10.2 Å². The first kappa shape index (κ1) is 22.6. The standard InChI is InChI=1S/C24H28N6O3/c1-33-23(19-7-3-2-4-8-19)24(32)29-13-11-20-27-28-21(30(20)15-14-29)17-26-22(31)10-9-18-6-5-12-25-16-18/h2-8,12,16,23H,9-11,13-15,17H2,1H3,(H,26,31). The van der Waals surface area contributed by atoms with Gasteiger partial charge in [-0.05, 0) is 23.6 Å². The minimum atomic E-state index is -0.631. The number of rotatable bonds is 8. The van der Waals surface area contributed by atoms with E-state index in [2.05, 4.69) is 20.5 Å². The van der Waals surface area contributed by atoms with Crippen LogP contribution in [0.15, 0.2) is 54.9 Å². The largest absolute Gasteiger partial charge is 0.367 e. The molecular formula is C24H28N6O3. The Morgan fingerprint density at radius 3 is 2.70 bits per heavy atom. The molecule has 1 atom stereocenters. The first-order valence-corrected chi connectivity index (χ1v) is 11.1. The van der Waals surface area contributed by atoms with Crippen molar-refractivity contribution in [3.63, 3.8) is 0 Å². The Labute approximate surface area is 192 Å². The summed E-state index contributed by atoms with van der Waals surface area (Å²) < 4.78 is 7.52. The number of amides is 2. The van der Waals surface area contributed by atoms with Gasteiger partial charge in [-0.1, -0.05) is 36.4 Å². The molecule has 4 rings (SSSR count). The number of nitrogens with one attached hydrogen (secondary N) is 1. The van der Waals surface area contributed by atoms with E-state index < -0.39 is 6.10 Å². The molecule has 1 unspecified atom stereocenters. The second-order valence-electron chi connectivity index (χ2n) is 7.92. The van der Waals surface area contributed by atoms with Crippen molar-refractivity contribution < 1.29 is 14.3 Å². The molecule has 3 aromatic rings. The Morgan fingerprint density at radius 2 is 1.94 bits per heavy atom. The first-order valence-electron chi connectivity index (χ1n) is 11.1. The topological polar surface area (TPSA) is 102 Å². The third kappa shape index (κ3) is 5.61. The summed E-state index contributed by atoms with van der Waals surface area (Å²) in [6.07, 6.45) is 4.47. The van der Waals surface area contributed by atoms with Gasteiger partial charge in [-0.2, -0.15) is 0 Å². The van der Waals surface area contributed by atoms with E-state index in [1.54, 1.807) is 19.5 Å². The number of pyridine rings is 1. The van der Waals surface area contributed by atoms with Crippen LogP contribution in [0.2, 0.25) is 0 Å². The average molecular weight is 449 g/mol. The highest BCUT2D eigenvalue weighted by atomic mass is 16.5. The average Bonchev–Trinajstić information content (AvgIpc) is 3.12. The van der Waals surface area contributed by atoms with Gasteiger partial charge >= 0.3 is 0 Å². The lowest BCUT2D eigenvalue weighted by Crippen LogP contribution is -2.38. The number of hydrogen-bond donors (Lipinski definition) is 1. The second kappa shape index (κ2) is 10.8. The molecule has 0 spiro atoms. The molecule has 1 aromatic carbocycles. The van der Waals surface area contributed by atoms with Crippen molar-refractivity contribution in [2.24, 2.45) is 0 Å². The lowest BCUT2D eigenvalue weighted by molar-refractivity contribution is -0.142. The summed E-state index contributed by atoms with van der Waals surface area (Å²) in [4.78, 5) is 31.3.